The fourth-order valence-electron chi connectivity index (χ4n) is 2.55. The Balaban J connectivity index is 2.07. The quantitative estimate of drug-likeness (QED) is 0.886. The number of nitrogens with one attached hydrogen (secondary N) is 1. The summed E-state index contributed by atoms with van der Waals surface area (Å²) < 4.78 is 49.3. The number of nitrogens with two attached hydrogens (primary N) is 1. The lowest BCUT2D eigenvalue weighted by atomic mass is 9.93. The Hall–Kier alpha value is -2.29. The molecule has 1 atom stereocenters. The molecule has 0 saturated heterocycles. The van der Waals surface area contributed by atoms with Gasteiger partial charge in [0, 0.05) is 5.57 Å². The molecule has 2 aromatic carbocycles. The molecule has 2 aromatic rings. The van der Waals surface area contributed by atoms with Gasteiger partial charge in [0.2, 0.25) is 10.0 Å². The molecule has 126 valence electrons. The predicted molar refractivity (Wildman–Crippen MR) is 84.1 cm³/mol. The molecule has 0 amide bonds. The first-order chi connectivity index (χ1) is 11.4. The Labute approximate surface area is 137 Å². The molecule has 5 nitrogen and oxygen atoms in total. The fourth-order valence-corrected chi connectivity index (χ4v) is 3.07. The normalized spacial score (nSPS) is 18.1. The summed E-state index contributed by atoms with van der Waals surface area (Å²) in [6.45, 7) is 0. The van der Waals surface area contributed by atoms with Crippen LogP contribution in [-0.2, 0) is 14.9 Å². The highest BCUT2D eigenvalue weighted by Crippen LogP contribution is 2.39. The van der Waals surface area contributed by atoms with E-state index in [0.29, 0.717) is 5.56 Å². The first-order valence-corrected chi connectivity index (χ1v) is 8.55. The maximum atomic E-state index is 13.3. The van der Waals surface area contributed by atoms with Crippen molar-refractivity contribution in [3.8, 4) is 0 Å². The van der Waals surface area contributed by atoms with Gasteiger partial charge in [0.15, 0.2) is 5.76 Å². The molecule has 24 heavy (non-hydrogen) atoms. The molecule has 0 spiro atoms. The summed E-state index contributed by atoms with van der Waals surface area (Å²) in [6.07, 6.45) is -2.81. The third-order valence-electron chi connectivity index (χ3n) is 3.67. The molecule has 0 radical (unpaired) electrons. The molecule has 0 aromatic heterocycles. The molecule has 1 unspecified atom stereocenters. The number of hydrogen-bond donors (Lipinski definition) is 2. The lowest BCUT2D eigenvalue weighted by Gasteiger charge is -2.14. The van der Waals surface area contributed by atoms with E-state index in [1.807, 2.05) is 6.07 Å². The lowest BCUT2D eigenvalue weighted by Crippen LogP contribution is -2.15. The summed E-state index contributed by atoms with van der Waals surface area (Å²) in [6, 6.07) is 13.8. The van der Waals surface area contributed by atoms with Crippen molar-refractivity contribution in [2.24, 2.45) is 5.14 Å². The second-order valence-corrected chi connectivity index (χ2v) is 6.77. The number of alkyl halides is 2. The van der Waals surface area contributed by atoms with E-state index in [-0.39, 0.29) is 10.5 Å². The highest BCUT2D eigenvalue weighted by atomic mass is 32.2. The van der Waals surface area contributed by atoms with Gasteiger partial charge >= 0.3 is 0 Å². The van der Waals surface area contributed by atoms with Crippen molar-refractivity contribution >= 4 is 15.6 Å². The van der Waals surface area contributed by atoms with E-state index < -0.39 is 28.2 Å². The van der Waals surface area contributed by atoms with Gasteiger partial charge < -0.3 is 4.84 Å². The molecule has 1 heterocycles. The van der Waals surface area contributed by atoms with Gasteiger partial charge in [0.05, 0.1) is 10.9 Å². The summed E-state index contributed by atoms with van der Waals surface area (Å²) in [7, 11) is -3.85. The zero-order valence-electron chi connectivity index (χ0n) is 12.3. The summed E-state index contributed by atoms with van der Waals surface area (Å²) in [5, 5.41) is 5.06. The summed E-state index contributed by atoms with van der Waals surface area (Å²) >= 11 is 0. The Kier molecular flexibility index (Phi) is 4.35. The van der Waals surface area contributed by atoms with E-state index in [4.69, 9.17) is 9.98 Å². The largest absolute Gasteiger partial charge is 0.406 e. The van der Waals surface area contributed by atoms with Crippen LogP contribution < -0.4 is 10.6 Å². The minimum absolute atomic E-state index is 0.0893. The molecule has 3 N–H and O–H groups in total. The SMILES string of the molecule is NS(=O)(=O)c1ccc(C2=C(C(F)F)ONC2c2ccccc2)cc1. The Morgan fingerprint density at radius 3 is 2.21 bits per heavy atom. The Bertz CT molecular complexity index is 866. The summed E-state index contributed by atoms with van der Waals surface area (Å²) in [5.74, 6) is -0.479. The van der Waals surface area contributed by atoms with Crippen LogP contribution in [-0.4, -0.2) is 14.8 Å². The minimum atomic E-state index is -3.85. The molecular formula is C16H14F2N2O3S. The van der Waals surface area contributed by atoms with Crippen LogP contribution in [0.2, 0.25) is 0 Å². The van der Waals surface area contributed by atoms with E-state index in [0.717, 1.165) is 5.56 Å². The Morgan fingerprint density at radius 2 is 1.67 bits per heavy atom. The van der Waals surface area contributed by atoms with E-state index in [1.54, 1.807) is 24.3 Å². The van der Waals surface area contributed by atoms with Gasteiger partial charge in [0.25, 0.3) is 6.43 Å². The number of halogens is 2. The van der Waals surface area contributed by atoms with Crippen LogP contribution in [0.5, 0.6) is 0 Å². The average Bonchev–Trinajstić information content (AvgIpc) is 3.00. The molecular weight excluding hydrogens is 338 g/mol. The highest BCUT2D eigenvalue weighted by Gasteiger charge is 2.34. The van der Waals surface area contributed by atoms with Crippen molar-refractivity contribution in [3.63, 3.8) is 0 Å². The van der Waals surface area contributed by atoms with Gasteiger partial charge in [-0.1, -0.05) is 42.5 Å². The van der Waals surface area contributed by atoms with Gasteiger partial charge in [-0.3, -0.25) is 0 Å². The zero-order chi connectivity index (χ0) is 17.3. The van der Waals surface area contributed by atoms with E-state index in [9.17, 15) is 17.2 Å². The zero-order valence-corrected chi connectivity index (χ0v) is 13.1. The summed E-state index contributed by atoms with van der Waals surface area (Å²) in [4.78, 5) is 4.89. The standard InChI is InChI=1S/C16H14F2N2O3S/c17-16(18)15-13(10-6-8-12(9-7-10)24(19,21)22)14(20-23-15)11-4-2-1-3-5-11/h1-9,14,16,20H,(H2,19,21,22). The van der Waals surface area contributed by atoms with Gasteiger partial charge in [0.1, 0.15) is 0 Å². The first-order valence-electron chi connectivity index (χ1n) is 7.00. The number of rotatable bonds is 4. The summed E-state index contributed by atoms with van der Waals surface area (Å²) in [5.41, 5.74) is 4.04. The molecule has 0 bridgehead atoms. The van der Waals surface area contributed by atoms with Gasteiger partial charge in [-0.05, 0) is 23.3 Å². The van der Waals surface area contributed by atoms with E-state index in [2.05, 4.69) is 5.48 Å². The Morgan fingerprint density at radius 1 is 1.04 bits per heavy atom. The maximum absolute atomic E-state index is 13.3. The van der Waals surface area contributed by atoms with Crippen LogP contribution in [0.4, 0.5) is 8.78 Å². The van der Waals surface area contributed by atoms with Crippen molar-refractivity contribution in [2.75, 3.05) is 0 Å². The van der Waals surface area contributed by atoms with Crippen molar-refractivity contribution < 1.29 is 22.0 Å². The molecule has 8 heteroatoms. The number of sulfonamides is 1. The van der Waals surface area contributed by atoms with Crippen LogP contribution in [0.25, 0.3) is 5.57 Å². The average molecular weight is 352 g/mol. The number of primary sulfonamides is 1. The molecule has 1 aliphatic heterocycles. The molecule has 1 aliphatic rings. The van der Waals surface area contributed by atoms with Crippen LogP contribution in [0.15, 0.2) is 65.3 Å². The van der Waals surface area contributed by atoms with Crippen molar-refractivity contribution in [3.05, 3.63) is 71.5 Å². The second-order valence-electron chi connectivity index (χ2n) is 5.21. The van der Waals surface area contributed by atoms with Crippen molar-refractivity contribution in [2.45, 2.75) is 17.4 Å². The van der Waals surface area contributed by atoms with E-state index >= 15 is 0 Å². The van der Waals surface area contributed by atoms with Crippen LogP contribution in [0, 0.1) is 0 Å². The third kappa shape index (κ3) is 3.16. The fraction of sp³-hybridized carbons (Fsp3) is 0.125. The monoisotopic (exact) mass is 352 g/mol. The van der Waals surface area contributed by atoms with Crippen LogP contribution in [0.3, 0.4) is 0 Å². The molecule has 3 rings (SSSR count). The maximum Gasteiger partial charge on any atom is 0.297 e. The number of benzene rings is 2. The number of hydrogen-bond acceptors (Lipinski definition) is 4. The smallest absolute Gasteiger partial charge is 0.297 e. The topological polar surface area (TPSA) is 81.4 Å². The highest BCUT2D eigenvalue weighted by molar-refractivity contribution is 7.89. The lowest BCUT2D eigenvalue weighted by molar-refractivity contribution is 0.0428. The first kappa shape index (κ1) is 16.6. The van der Waals surface area contributed by atoms with Gasteiger partial charge in [-0.2, -0.15) is 0 Å². The van der Waals surface area contributed by atoms with Crippen molar-refractivity contribution in [1.29, 1.82) is 0 Å². The molecule has 0 fully saturated rings. The predicted octanol–water partition coefficient (Wildman–Crippen LogP) is 2.59. The second kappa shape index (κ2) is 6.31. The van der Waals surface area contributed by atoms with Crippen LogP contribution >= 0.6 is 0 Å². The van der Waals surface area contributed by atoms with Crippen molar-refractivity contribution in [1.82, 2.24) is 5.48 Å². The molecule has 0 aliphatic carbocycles. The molecule has 0 saturated carbocycles. The van der Waals surface area contributed by atoms with E-state index in [1.165, 1.54) is 24.3 Å². The number of hydroxylamine groups is 1. The number of allylic oxidation sites excluding steroid dienone is 1. The minimum Gasteiger partial charge on any atom is -0.406 e. The van der Waals surface area contributed by atoms with Gasteiger partial charge in [-0.25, -0.2) is 22.3 Å². The third-order valence-corrected chi connectivity index (χ3v) is 4.60. The van der Waals surface area contributed by atoms with Gasteiger partial charge in [-0.15, -0.1) is 5.48 Å². The van der Waals surface area contributed by atoms with Crippen LogP contribution in [0.1, 0.15) is 17.2 Å².